The molecule has 0 bridgehead atoms. The number of hydrogen-bond donors (Lipinski definition) is 0. The van der Waals surface area contributed by atoms with Gasteiger partial charge in [-0.2, -0.15) is 0 Å². The molecule has 1 unspecified atom stereocenters. The summed E-state index contributed by atoms with van der Waals surface area (Å²) in [7, 11) is 0. The summed E-state index contributed by atoms with van der Waals surface area (Å²) in [4.78, 5) is 0. The van der Waals surface area contributed by atoms with Crippen molar-refractivity contribution in [3.8, 4) is 5.69 Å². The average molecular weight is 349 g/mol. The van der Waals surface area contributed by atoms with Crippen molar-refractivity contribution in [3.05, 3.63) is 96.1 Å². The predicted octanol–water partition coefficient (Wildman–Crippen LogP) is 7.07. The van der Waals surface area contributed by atoms with Crippen molar-refractivity contribution < 1.29 is 0 Å². The molecule has 3 aromatic carbocycles. The lowest BCUT2D eigenvalue weighted by Crippen LogP contribution is -1.95. The number of allylic oxidation sites excluding steroid dienone is 4. The fourth-order valence-electron chi connectivity index (χ4n) is 4.11. The van der Waals surface area contributed by atoms with Gasteiger partial charge in [0.05, 0.1) is 11.0 Å². The average Bonchev–Trinajstić information content (AvgIpc) is 3.02. The van der Waals surface area contributed by atoms with Gasteiger partial charge in [0.25, 0.3) is 0 Å². The first-order valence-electron chi connectivity index (χ1n) is 9.70. The van der Waals surface area contributed by atoms with Crippen molar-refractivity contribution >= 4 is 27.4 Å². The van der Waals surface area contributed by atoms with E-state index in [9.17, 15) is 0 Å². The molecule has 1 atom stereocenters. The van der Waals surface area contributed by atoms with E-state index in [1.807, 2.05) is 0 Å². The second-order valence-electron chi connectivity index (χ2n) is 7.66. The number of para-hydroxylation sites is 1. The third-order valence-electron chi connectivity index (χ3n) is 5.58. The van der Waals surface area contributed by atoms with Gasteiger partial charge in [0.2, 0.25) is 0 Å². The third-order valence-corrected chi connectivity index (χ3v) is 5.58. The first-order valence-corrected chi connectivity index (χ1v) is 9.70. The highest BCUT2D eigenvalue weighted by molar-refractivity contribution is 6.10. The number of aryl methyl sites for hydroxylation is 1. The molecular formula is C26H23N. The maximum Gasteiger partial charge on any atom is 0.0541 e. The molecular weight excluding hydrogens is 326 g/mol. The van der Waals surface area contributed by atoms with Crippen LogP contribution in [-0.2, 0) is 0 Å². The minimum atomic E-state index is 0.639. The quantitative estimate of drug-likeness (QED) is 0.365. The molecule has 1 heterocycles. The molecule has 5 rings (SSSR count). The van der Waals surface area contributed by atoms with Crippen molar-refractivity contribution in [2.45, 2.75) is 20.3 Å². The molecule has 0 fully saturated rings. The van der Waals surface area contributed by atoms with Crippen LogP contribution in [0, 0.1) is 12.8 Å². The molecule has 1 aromatic heterocycles. The van der Waals surface area contributed by atoms with Crippen LogP contribution < -0.4 is 0 Å². The first kappa shape index (κ1) is 16.1. The zero-order valence-corrected chi connectivity index (χ0v) is 15.8. The predicted molar refractivity (Wildman–Crippen MR) is 116 cm³/mol. The summed E-state index contributed by atoms with van der Waals surface area (Å²) in [5.41, 5.74) is 7.67. The Morgan fingerprint density at radius 3 is 2.33 bits per heavy atom. The van der Waals surface area contributed by atoms with E-state index in [-0.39, 0.29) is 0 Å². The maximum atomic E-state index is 2.38. The van der Waals surface area contributed by atoms with Gasteiger partial charge in [-0.05, 0) is 66.8 Å². The number of rotatable bonds is 2. The normalized spacial score (nSPS) is 16.8. The van der Waals surface area contributed by atoms with E-state index in [0.717, 1.165) is 6.42 Å². The van der Waals surface area contributed by atoms with Crippen LogP contribution in [0.1, 0.15) is 24.5 Å². The van der Waals surface area contributed by atoms with E-state index < -0.39 is 0 Å². The fourth-order valence-corrected chi connectivity index (χ4v) is 4.11. The molecule has 27 heavy (non-hydrogen) atoms. The molecule has 1 nitrogen and oxygen atoms in total. The molecule has 4 aromatic rings. The second-order valence-corrected chi connectivity index (χ2v) is 7.66. The number of nitrogens with zero attached hydrogens (tertiary/aromatic N) is 1. The van der Waals surface area contributed by atoms with Gasteiger partial charge in [0.1, 0.15) is 0 Å². The smallest absolute Gasteiger partial charge is 0.0541 e. The van der Waals surface area contributed by atoms with Crippen LogP contribution in [0.3, 0.4) is 0 Å². The monoisotopic (exact) mass is 349 g/mol. The number of benzene rings is 3. The van der Waals surface area contributed by atoms with Gasteiger partial charge in [-0.25, -0.2) is 0 Å². The number of hydrogen-bond acceptors (Lipinski definition) is 0. The van der Waals surface area contributed by atoms with Crippen LogP contribution in [0.5, 0.6) is 0 Å². The SMILES string of the molecule is Cc1ccc2c(c1)c1cc(C3=CCC(C)C=C3)ccc1n2-c1ccccc1. The largest absolute Gasteiger partial charge is 0.309 e. The lowest BCUT2D eigenvalue weighted by molar-refractivity contribution is 0.739. The maximum absolute atomic E-state index is 2.38. The Bertz CT molecular complexity index is 1210. The summed E-state index contributed by atoms with van der Waals surface area (Å²) < 4.78 is 2.38. The highest BCUT2D eigenvalue weighted by Gasteiger charge is 2.14. The van der Waals surface area contributed by atoms with E-state index >= 15 is 0 Å². The second kappa shape index (κ2) is 6.28. The van der Waals surface area contributed by atoms with Gasteiger partial charge in [-0.15, -0.1) is 0 Å². The molecule has 0 saturated carbocycles. The third kappa shape index (κ3) is 2.71. The lowest BCUT2D eigenvalue weighted by atomic mass is 9.93. The van der Waals surface area contributed by atoms with E-state index in [2.05, 4.69) is 103 Å². The van der Waals surface area contributed by atoms with Gasteiger partial charge >= 0.3 is 0 Å². The molecule has 1 aliphatic carbocycles. The minimum absolute atomic E-state index is 0.639. The first-order chi connectivity index (χ1) is 13.2. The van der Waals surface area contributed by atoms with Crippen LogP contribution in [0.4, 0.5) is 0 Å². The fraction of sp³-hybridized carbons (Fsp3) is 0.154. The minimum Gasteiger partial charge on any atom is -0.309 e. The Balaban J connectivity index is 1.80. The van der Waals surface area contributed by atoms with Crippen molar-refractivity contribution in [2.24, 2.45) is 5.92 Å². The van der Waals surface area contributed by atoms with Gasteiger partial charge in [0, 0.05) is 16.5 Å². The zero-order valence-electron chi connectivity index (χ0n) is 15.8. The highest BCUT2D eigenvalue weighted by Crippen LogP contribution is 2.35. The van der Waals surface area contributed by atoms with Crippen molar-refractivity contribution in [3.63, 3.8) is 0 Å². The summed E-state index contributed by atoms with van der Waals surface area (Å²) in [6.45, 7) is 4.44. The Hall–Kier alpha value is -3.06. The summed E-state index contributed by atoms with van der Waals surface area (Å²) in [5, 5.41) is 2.65. The highest BCUT2D eigenvalue weighted by atomic mass is 15.0. The van der Waals surface area contributed by atoms with Crippen LogP contribution in [0.25, 0.3) is 33.1 Å². The number of aromatic nitrogens is 1. The summed E-state index contributed by atoms with van der Waals surface area (Å²) in [6, 6.07) is 24.3. The van der Waals surface area contributed by atoms with Crippen molar-refractivity contribution in [1.82, 2.24) is 4.57 Å². The summed E-state index contributed by atoms with van der Waals surface area (Å²) in [6.07, 6.45) is 8.08. The Labute approximate surface area is 160 Å². The molecule has 0 radical (unpaired) electrons. The Morgan fingerprint density at radius 2 is 1.59 bits per heavy atom. The molecule has 132 valence electrons. The molecule has 0 N–H and O–H groups in total. The Morgan fingerprint density at radius 1 is 0.852 bits per heavy atom. The van der Waals surface area contributed by atoms with Crippen LogP contribution >= 0.6 is 0 Å². The van der Waals surface area contributed by atoms with E-state index in [1.54, 1.807) is 0 Å². The van der Waals surface area contributed by atoms with Gasteiger partial charge in [-0.1, -0.05) is 61.0 Å². The summed E-state index contributed by atoms with van der Waals surface area (Å²) >= 11 is 0. The van der Waals surface area contributed by atoms with Crippen LogP contribution in [0.2, 0.25) is 0 Å². The van der Waals surface area contributed by atoms with Gasteiger partial charge in [-0.3, -0.25) is 0 Å². The van der Waals surface area contributed by atoms with E-state index in [4.69, 9.17) is 0 Å². The van der Waals surface area contributed by atoms with Crippen molar-refractivity contribution in [2.75, 3.05) is 0 Å². The molecule has 0 spiro atoms. The van der Waals surface area contributed by atoms with E-state index in [1.165, 1.54) is 44.2 Å². The lowest BCUT2D eigenvalue weighted by Gasteiger charge is -2.12. The Kier molecular flexibility index (Phi) is 3.75. The van der Waals surface area contributed by atoms with Gasteiger partial charge < -0.3 is 4.57 Å². The van der Waals surface area contributed by atoms with Crippen molar-refractivity contribution in [1.29, 1.82) is 0 Å². The molecule has 0 saturated heterocycles. The standard InChI is InChI=1S/C26H23N/c1-18-8-11-20(12-9-18)21-13-15-26-24(17-21)23-16-19(2)10-14-25(23)27(26)22-6-4-3-5-7-22/h3-8,10-18H,9H2,1-2H3. The van der Waals surface area contributed by atoms with Gasteiger partial charge in [0.15, 0.2) is 0 Å². The zero-order chi connectivity index (χ0) is 18.4. The molecule has 0 aliphatic heterocycles. The van der Waals surface area contributed by atoms with E-state index in [0.29, 0.717) is 5.92 Å². The number of fused-ring (bicyclic) bond motifs is 3. The summed E-state index contributed by atoms with van der Waals surface area (Å²) in [5.74, 6) is 0.639. The van der Waals surface area contributed by atoms with Crippen LogP contribution in [0.15, 0.2) is 85.0 Å². The molecule has 1 aliphatic rings. The van der Waals surface area contributed by atoms with Crippen LogP contribution in [-0.4, -0.2) is 4.57 Å². The molecule has 1 heteroatoms. The molecule has 0 amide bonds. The topological polar surface area (TPSA) is 4.93 Å².